The number of ether oxygens (including phenoxy) is 1. The van der Waals surface area contributed by atoms with Crippen molar-refractivity contribution in [3.63, 3.8) is 0 Å². The van der Waals surface area contributed by atoms with Gasteiger partial charge in [0.15, 0.2) is 0 Å². The Hall–Kier alpha value is -0.670. The minimum absolute atomic E-state index is 0.684. The average molecular weight is 265 g/mol. The lowest BCUT2D eigenvalue weighted by Crippen LogP contribution is -2.31. The van der Waals surface area contributed by atoms with Crippen molar-refractivity contribution < 1.29 is 4.74 Å². The van der Waals surface area contributed by atoms with Crippen molar-refractivity contribution >= 4 is 11.8 Å². The maximum atomic E-state index is 5.35. The Morgan fingerprint density at radius 1 is 1.39 bits per heavy atom. The van der Waals surface area contributed by atoms with Gasteiger partial charge in [-0.25, -0.2) is 0 Å². The number of hydrogen-bond acceptors (Lipinski definition) is 3. The molecule has 18 heavy (non-hydrogen) atoms. The second-order valence-corrected chi connectivity index (χ2v) is 6.42. The van der Waals surface area contributed by atoms with Crippen LogP contribution in [0.25, 0.3) is 0 Å². The fraction of sp³-hybridized carbons (Fsp3) is 0.600. The molecule has 2 atom stereocenters. The number of nitrogens with zero attached hydrogens (tertiary/aromatic N) is 1. The molecule has 1 aromatic rings. The fourth-order valence-corrected chi connectivity index (χ4v) is 3.98. The molecular weight excluding hydrogens is 242 g/mol. The summed E-state index contributed by atoms with van der Waals surface area (Å²) in [6, 6.07) is 8.61. The highest BCUT2D eigenvalue weighted by atomic mass is 32.2. The van der Waals surface area contributed by atoms with E-state index in [-0.39, 0.29) is 0 Å². The Kier molecular flexibility index (Phi) is 4.95. The van der Waals surface area contributed by atoms with Crippen LogP contribution in [-0.4, -0.2) is 44.2 Å². The molecule has 0 saturated carbocycles. The highest BCUT2D eigenvalue weighted by Gasteiger charge is 2.27. The van der Waals surface area contributed by atoms with Gasteiger partial charge in [0.1, 0.15) is 5.75 Å². The van der Waals surface area contributed by atoms with Crippen LogP contribution in [0.1, 0.15) is 17.9 Å². The van der Waals surface area contributed by atoms with Crippen LogP contribution < -0.4 is 4.74 Å². The third-order valence-corrected chi connectivity index (χ3v) is 4.78. The van der Waals surface area contributed by atoms with Crippen molar-refractivity contribution in [2.75, 3.05) is 39.3 Å². The smallest absolute Gasteiger partial charge is 0.119 e. The summed E-state index contributed by atoms with van der Waals surface area (Å²) >= 11 is 2.10. The van der Waals surface area contributed by atoms with E-state index >= 15 is 0 Å². The first kappa shape index (κ1) is 13.8. The van der Waals surface area contributed by atoms with E-state index in [1.165, 1.54) is 30.0 Å². The molecular formula is C15H23NOS. The Morgan fingerprint density at radius 3 is 2.94 bits per heavy atom. The van der Waals surface area contributed by atoms with E-state index in [9.17, 15) is 0 Å². The topological polar surface area (TPSA) is 12.5 Å². The molecule has 0 N–H and O–H groups in total. The minimum Gasteiger partial charge on any atom is -0.497 e. The second-order valence-electron chi connectivity index (χ2n) is 5.27. The third-order valence-electron chi connectivity index (χ3n) is 3.60. The average Bonchev–Trinajstić information content (AvgIpc) is 2.39. The van der Waals surface area contributed by atoms with E-state index < -0.39 is 0 Å². The predicted molar refractivity (Wildman–Crippen MR) is 79.7 cm³/mol. The van der Waals surface area contributed by atoms with E-state index in [0.717, 1.165) is 11.7 Å². The van der Waals surface area contributed by atoms with Crippen molar-refractivity contribution in [1.29, 1.82) is 0 Å². The van der Waals surface area contributed by atoms with Gasteiger partial charge in [-0.15, -0.1) is 0 Å². The molecule has 1 saturated heterocycles. The number of benzene rings is 1. The van der Waals surface area contributed by atoms with Crippen LogP contribution in [0.4, 0.5) is 0 Å². The first-order chi connectivity index (χ1) is 8.70. The van der Waals surface area contributed by atoms with Crippen LogP contribution in [0.3, 0.4) is 0 Å². The molecule has 0 aromatic heterocycles. The highest BCUT2D eigenvalue weighted by Crippen LogP contribution is 2.37. The molecule has 2 unspecified atom stereocenters. The molecule has 1 heterocycles. The van der Waals surface area contributed by atoms with Crippen LogP contribution in [0.15, 0.2) is 24.3 Å². The first-order valence-corrected chi connectivity index (χ1v) is 7.72. The van der Waals surface area contributed by atoms with Gasteiger partial charge in [0.25, 0.3) is 0 Å². The van der Waals surface area contributed by atoms with Gasteiger partial charge in [0.05, 0.1) is 7.11 Å². The maximum absolute atomic E-state index is 5.35. The summed E-state index contributed by atoms with van der Waals surface area (Å²) in [5.74, 6) is 4.98. The van der Waals surface area contributed by atoms with Crippen molar-refractivity contribution in [3.05, 3.63) is 29.8 Å². The number of methoxy groups -OCH3 is 1. The van der Waals surface area contributed by atoms with Gasteiger partial charge in [-0.3, -0.25) is 0 Å². The van der Waals surface area contributed by atoms with Gasteiger partial charge in [-0.1, -0.05) is 12.1 Å². The molecule has 2 nitrogen and oxygen atoms in total. The van der Waals surface area contributed by atoms with Gasteiger partial charge in [0.2, 0.25) is 0 Å². The highest BCUT2D eigenvalue weighted by molar-refractivity contribution is 7.99. The van der Waals surface area contributed by atoms with Gasteiger partial charge in [-0.05, 0) is 61.6 Å². The molecule has 2 rings (SSSR count). The molecule has 1 fully saturated rings. The maximum Gasteiger partial charge on any atom is 0.119 e. The number of hydrogen-bond donors (Lipinski definition) is 0. The summed E-state index contributed by atoms with van der Waals surface area (Å²) < 4.78 is 5.35. The summed E-state index contributed by atoms with van der Waals surface area (Å²) in [6.07, 6.45) is 1.29. The van der Waals surface area contributed by atoms with E-state index in [1.54, 1.807) is 7.11 Å². The van der Waals surface area contributed by atoms with Crippen molar-refractivity contribution in [2.45, 2.75) is 12.3 Å². The lowest BCUT2D eigenvalue weighted by molar-refractivity contribution is 0.301. The molecule has 0 spiro atoms. The number of thioether (sulfide) groups is 1. The van der Waals surface area contributed by atoms with Crippen LogP contribution in [-0.2, 0) is 0 Å². The van der Waals surface area contributed by atoms with Gasteiger partial charge in [0, 0.05) is 6.54 Å². The quantitative estimate of drug-likeness (QED) is 0.830. The van der Waals surface area contributed by atoms with Gasteiger partial charge in [-0.2, -0.15) is 11.8 Å². The molecule has 100 valence electrons. The Balaban J connectivity index is 2.16. The van der Waals surface area contributed by atoms with Crippen LogP contribution in [0.2, 0.25) is 0 Å². The molecule has 1 aromatic carbocycles. The van der Waals surface area contributed by atoms with Crippen molar-refractivity contribution in [1.82, 2.24) is 4.90 Å². The lowest BCUT2D eigenvalue weighted by Gasteiger charge is -2.33. The second kappa shape index (κ2) is 6.48. The minimum atomic E-state index is 0.684. The molecule has 0 radical (unpaired) electrons. The summed E-state index contributed by atoms with van der Waals surface area (Å²) in [6.45, 7) is 1.18. The normalized spacial score (nSPS) is 24.2. The largest absolute Gasteiger partial charge is 0.497 e. The van der Waals surface area contributed by atoms with Gasteiger partial charge >= 0.3 is 0 Å². The van der Waals surface area contributed by atoms with Gasteiger partial charge < -0.3 is 9.64 Å². The Labute approximate surface area is 115 Å². The zero-order valence-electron chi connectivity index (χ0n) is 11.6. The van der Waals surface area contributed by atoms with E-state index in [2.05, 4.69) is 49.0 Å². The summed E-state index contributed by atoms with van der Waals surface area (Å²) in [4.78, 5) is 2.31. The third kappa shape index (κ3) is 3.42. The Morgan fingerprint density at radius 2 is 2.22 bits per heavy atom. The van der Waals surface area contributed by atoms with E-state index in [0.29, 0.717) is 5.92 Å². The summed E-state index contributed by atoms with van der Waals surface area (Å²) in [5, 5.41) is 0. The summed E-state index contributed by atoms with van der Waals surface area (Å²) in [5.41, 5.74) is 1.45. The molecule has 1 aliphatic heterocycles. The monoisotopic (exact) mass is 265 g/mol. The standard InChI is InChI=1S/C15H23NOS/c1-16(2)10-13-11-18-8-7-15(13)12-5-4-6-14(9-12)17-3/h4-6,9,13,15H,7-8,10-11H2,1-3H3. The predicted octanol–water partition coefficient (Wildman–Crippen LogP) is 3.09. The fourth-order valence-electron chi connectivity index (χ4n) is 2.76. The Bertz CT molecular complexity index is 381. The molecule has 1 aliphatic rings. The molecule has 3 heteroatoms. The van der Waals surface area contributed by atoms with Crippen molar-refractivity contribution in [2.24, 2.45) is 5.92 Å². The summed E-state index contributed by atoms with van der Waals surface area (Å²) in [7, 11) is 6.08. The lowest BCUT2D eigenvalue weighted by atomic mass is 9.84. The zero-order chi connectivity index (χ0) is 13.0. The molecule has 0 aliphatic carbocycles. The van der Waals surface area contributed by atoms with E-state index in [4.69, 9.17) is 4.74 Å². The zero-order valence-corrected chi connectivity index (χ0v) is 12.4. The SMILES string of the molecule is COc1cccc(C2CCSCC2CN(C)C)c1. The van der Waals surface area contributed by atoms with Crippen LogP contribution in [0, 0.1) is 5.92 Å². The van der Waals surface area contributed by atoms with Crippen molar-refractivity contribution in [3.8, 4) is 5.75 Å². The van der Waals surface area contributed by atoms with Crippen LogP contribution >= 0.6 is 11.8 Å². The van der Waals surface area contributed by atoms with E-state index in [1.807, 2.05) is 6.07 Å². The molecule has 0 amide bonds. The van der Waals surface area contributed by atoms with Crippen LogP contribution in [0.5, 0.6) is 5.75 Å². The molecule has 0 bridgehead atoms. The number of rotatable bonds is 4. The first-order valence-electron chi connectivity index (χ1n) is 6.57.